The third-order valence-electron chi connectivity index (χ3n) is 2.76. The van der Waals surface area contributed by atoms with Gasteiger partial charge in [0.15, 0.2) is 5.78 Å². The van der Waals surface area contributed by atoms with Crippen molar-refractivity contribution in [3.8, 4) is 5.75 Å². The lowest BCUT2D eigenvalue weighted by molar-refractivity contribution is -0.274. The second-order valence-electron chi connectivity index (χ2n) is 4.36. The second-order valence-corrected chi connectivity index (χ2v) is 5.28. The monoisotopic (exact) mass is 358 g/mol. The van der Waals surface area contributed by atoms with Crippen LogP contribution in [0, 0.1) is 6.92 Å². The molecule has 0 spiro atoms. The molecule has 110 valence electrons. The number of alkyl halides is 3. The highest BCUT2D eigenvalue weighted by molar-refractivity contribution is 9.10. The number of aryl methyl sites for hydroxylation is 1. The number of ketones is 1. The van der Waals surface area contributed by atoms with E-state index in [4.69, 9.17) is 0 Å². The molecule has 2 aromatic carbocycles. The van der Waals surface area contributed by atoms with E-state index in [1.165, 1.54) is 12.1 Å². The second kappa shape index (κ2) is 5.89. The Morgan fingerprint density at radius 2 is 1.86 bits per heavy atom. The molecule has 0 radical (unpaired) electrons. The molecule has 0 aliphatic carbocycles. The number of carbonyl (C=O) groups excluding carboxylic acids is 1. The summed E-state index contributed by atoms with van der Waals surface area (Å²) in [5, 5.41) is 0. The largest absolute Gasteiger partial charge is 0.573 e. The van der Waals surface area contributed by atoms with Gasteiger partial charge in [0.2, 0.25) is 0 Å². The van der Waals surface area contributed by atoms with Crippen molar-refractivity contribution in [1.29, 1.82) is 0 Å². The van der Waals surface area contributed by atoms with Crippen LogP contribution >= 0.6 is 15.9 Å². The third-order valence-corrected chi connectivity index (χ3v) is 3.26. The van der Waals surface area contributed by atoms with Gasteiger partial charge in [0, 0.05) is 15.6 Å². The van der Waals surface area contributed by atoms with E-state index in [9.17, 15) is 18.0 Å². The fourth-order valence-corrected chi connectivity index (χ4v) is 2.35. The van der Waals surface area contributed by atoms with Crippen molar-refractivity contribution in [2.75, 3.05) is 0 Å². The van der Waals surface area contributed by atoms with Crippen molar-refractivity contribution in [3.05, 3.63) is 63.6 Å². The standard InChI is InChI=1S/C15H10BrF3O2/c1-9-7-11(16)5-6-13(9)14(20)10-3-2-4-12(8-10)21-15(17,18)19/h2-8H,1H3. The van der Waals surface area contributed by atoms with Crippen LogP contribution in [0.4, 0.5) is 13.2 Å². The summed E-state index contributed by atoms with van der Waals surface area (Å²) in [6, 6.07) is 10.1. The average molecular weight is 359 g/mol. The number of halogens is 4. The lowest BCUT2D eigenvalue weighted by atomic mass is 9.99. The molecule has 0 fully saturated rings. The molecule has 0 N–H and O–H groups in total. The summed E-state index contributed by atoms with van der Waals surface area (Å²) in [4.78, 5) is 12.3. The van der Waals surface area contributed by atoms with E-state index in [1.54, 1.807) is 25.1 Å². The highest BCUT2D eigenvalue weighted by atomic mass is 79.9. The number of carbonyl (C=O) groups is 1. The van der Waals surface area contributed by atoms with Gasteiger partial charge >= 0.3 is 6.36 Å². The SMILES string of the molecule is Cc1cc(Br)ccc1C(=O)c1cccc(OC(F)(F)F)c1. The zero-order valence-corrected chi connectivity index (χ0v) is 12.5. The van der Waals surface area contributed by atoms with Gasteiger partial charge in [0.1, 0.15) is 5.75 Å². The van der Waals surface area contributed by atoms with Crippen LogP contribution in [0.1, 0.15) is 21.5 Å². The van der Waals surface area contributed by atoms with Gasteiger partial charge in [-0.1, -0.05) is 28.1 Å². The molecule has 2 aromatic rings. The molecule has 0 aliphatic rings. The Labute approximate surface area is 127 Å². The van der Waals surface area contributed by atoms with Crippen LogP contribution in [0.2, 0.25) is 0 Å². The van der Waals surface area contributed by atoms with Gasteiger partial charge in [-0.3, -0.25) is 4.79 Å². The maximum atomic E-state index is 12.3. The first kappa shape index (κ1) is 15.6. The molecular formula is C15H10BrF3O2. The molecule has 0 aliphatic heterocycles. The fourth-order valence-electron chi connectivity index (χ4n) is 1.87. The van der Waals surface area contributed by atoms with Gasteiger partial charge in [0.25, 0.3) is 0 Å². The average Bonchev–Trinajstić information content (AvgIpc) is 2.36. The lowest BCUT2D eigenvalue weighted by Gasteiger charge is -2.10. The van der Waals surface area contributed by atoms with E-state index >= 15 is 0 Å². The molecule has 0 bridgehead atoms. The molecule has 0 atom stereocenters. The summed E-state index contributed by atoms with van der Waals surface area (Å²) in [6.45, 7) is 1.76. The summed E-state index contributed by atoms with van der Waals surface area (Å²) < 4.78 is 41.2. The smallest absolute Gasteiger partial charge is 0.406 e. The van der Waals surface area contributed by atoms with E-state index < -0.39 is 12.1 Å². The van der Waals surface area contributed by atoms with Gasteiger partial charge in [-0.2, -0.15) is 0 Å². The van der Waals surface area contributed by atoms with Gasteiger partial charge in [-0.15, -0.1) is 13.2 Å². The van der Waals surface area contributed by atoms with E-state index in [1.807, 2.05) is 0 Å². The first-order valence-electron chi connectivity index (χ1n) is 5.93. The summed E-state index contributed by atoms with van der Waals surface area (Å²) in [5.41, 5.74) is 1.31. The van der Waals surface area contributed by atoms with Crippen LogP contribution in [-0.4, -0.2) is 12.1 Å². The van der Waals surface area contributed by atoms with Crippen molar-refractivity contribution in [2.24, 2.45) is 0 Å². The molecule has 2 rings (SSSR count). The minimum Gasteiger partial charge on any atom is -0.406 e. The normalized spacial score (nSPS) is 11.3. The molecule has 0 saturated heterocycles. The zero-order chi connectivity index (χ0) is 15.6. The molecule has 0 unspecified atom stereocenters. The van der Waals surface area contributed by atoms with Crippen LogP contribution in [-0.2, 0) is 0 Å². The molecule has 0 amide bonds. The Morgan fingerprint density at radius 1 is 1.14 bits per heavy atom. The number of hydrogen-bond acceptors (Lipinski definition) is 2. The molecule has 0 saturated carbocycles. The van der Waals surface area contributed by atoms with Gasteiger partial charge in [-0.25, -0.2) is 0 Å². The highest BCUT2D eigenvalue weighted by Crippen LogP contribution is 2.25. The Morgan fingerprint density at radius 3 is 2.48 bits per heavy atom. The molecule has 0 aromatic heterocycles. The molecule has 21 heavy (non-hydrogen) atoms. The summed E-state index contributed by atoms with van der Waals surface area (Å²) >= 11 is 3.29. The Bertz CT molecular complexity index is 681. The first-order chi connectivity index (χ1) is 9.76. The fraction of sp³-hybridized carbons (Fsp3) is 0.133. The number of hydrogen-bond donors (Lipinski definition) is 0. The topological polar surface area (TPSA) is 26.3 Å². The predicted molar refractivity (Wildman–Crippen MR) is 75.4 cm³/mol. The van der Waals surface area contributed by atoms with Crippen molar-refractivity contribution >= 4 is 21.7 Å². The van der Waals surface area contributed by atoms with E-state index in [2.05, 4.69) is 20.7 Å². The van der Waals surface area contributed by atoms with Gasteiger partial charge in [0.05, 0.1) is 0 Å². The van der Waals surface area contributed by atoms with Crippen molar-refractivity contribution in [1.82, 2.24) is 0 Å². The van der Waals surface area contributed by atoms with Crippen LogP contribution in [0.5, 0.6) is 5.75 Å². The predicted octanol–water partition coefficient (Wildman–Crippen LogP) is 4.89. The summed E-state index contributed by atoms with van der Waals surface area (Å²) in [7, 11) is 0. The highest BCUT2D eigenvalue weighted by Gasteiger charge is 2.31. The van der Waals surface area contributed by atoms with Crippen molar-refractivity contribution in [3.63, 3.8) is 0 Å². The maximum absolute atomic E-state index is 12.3. The molecular weight excluding hydrogens is 349 g/mol. The molecule has 2 nitrogen and oxygen atoms in total. The van der Waals surface area contributed by atoms with E-state index in [-0.39, 0.29) is 11.3 Å². The van der Waals surface area contributed by atoms with Crippen LogP contribution in [0.3, 0.4) is 0 Å². The first-order valence-corrected chi connectivity index (χ1v) is 6.72. The van der Waals surface area contributed by atoms with Gasteiger partial charge < -0.3 is 4.74 Å². The maximum Gasteiger partial charge on any atom is 0.573 e. The van der Waals surface area contributed by atoms with Crippen molar-refractivity contribution in [2.45, 2.75) is 13.3 Å². The van der Waals surface area contributed by atoms with E-state index in [0.29, 0.717) is 5.56 Å². The zero-order valence-electron chi connectivity index (χ0n) is 10.9. The van der Waals surface area contributed by atoms with Crippen LogP contribution in [0.15, 0.2) is 46.9 Å². The summed E-state index contributed by atoms with van der Waals surface area (Å²) in [6.07, 6.45) is -4.78. The van der Waals surface area contributed by atoms with Crippen molar-refractivity contribution < 1.29 is 22.7 Å². The van der Waals surface area contributed by atoms with Crippen LogP contribution < -0.4 is 4.74 Å². The minimum atomic E-state index is -4.78. The number of benzene rings is 2. The Balaban J connectivity index is 2.33. The molecule has 0 heterocycles. The third kappa shape index (κ3) is 4.07. The lowest BCUT2D eigenvalue weighted by Crippen LogP contribution is -2.17. The Hall–Kier alpha value is -1.82. The number of ether oxygens (including phenoxy) is 1. The number of rotatable bonds is 3. The van der Waals surface area contributed by atoms with Gasteiger partial charge in [-0.05, 0) is 42.8 Å². The van der Waals surface area contributed by atoms with E-state index in [0.717, 1.165) is 22.2 Å². The minimum absolute atomic E-state index is 0.141. The van der Waals surface area contributed by atoms with Crippen LogP contribution in [0.25, 0.3) is 0 Å². The Kier molecular flexibility index (Phi) is 4.37. The quantitative estimate of drug-likeness (QED) is 0.730. The summed E-state index contributed by atoms with van der Waals surface area (Å²) in [5.74, 6) is -0.768. The molecule has 6 heteroatoms.